The van der Waals surface area contributed by atoms with Crippen molar-refractivity contribution in [1.82, 2.24) is 9.78 Å². The standard InChI is InChI=1S/C12H12BrN3O3/c1-6(2)16-9-5-7(13)3-4-8(9)10(17)11(15-16)14-12(18)19/h3-6H,1-2H3,(H,14,15)(H,18,19). The van der Waals surface area contributed by atoms with Gasteiger partial charge in [0.05, 0.1) is 10.9 Å². The van der Waals surface area contributed by atoms with Crippen LogP contribution in [0, 0.1) is 0 Å². The van der Waals surface area contributed by atoms with E-state index in [9.17, 15) is 9.59 Å². The molecule has 19 heavy (non-hydrogen) atoms. The molecule has 0 aliphatic carbocycles. The largest absolute Gasteiger partial charge is 0.465 e. The van der Waals surface area contributed by atoms with E-state index in [-0.39, 0.29) is 11.9 Å². The Hall–Kier alpha value is -1.89. The Morgan fingerprint density at radius 1 is 1.47 bits per heavy atom. The van der Waals surface area contributed by atoms with E-state index < -0.39 is 11.5 Å². The molecule has 0 radical (unpaired) electrons. The van der Waals surface area contributed by atoms with Gasteiger partial charge in [-0.2, -0.15) is 0 Å². The van der Waals surface area contributed by atoms with Gasteiger partial charge in [0.15, 0.2) is 0 Å². The molecule has 0 spiro atoms. The molecule has 2 aromatic rings. The molecule has 2 rings (SSSR count). The third-order valence-electron chi connectivity index (χ3n) is 2.59. The van der Waals surface area contributed by atoms with E-state index in [1.165, 1.54) is 0 Å². The molecule has 1 aromatic heterocycles. The number of nitrogens with zero attached hydrogens (tertiary/aromatic N) is 2. The zero-order chi connectivity index (χ0) is 14.2. The predicted molar refractivity (Wildman–Crippen MR) is 75.7 cm³/mol. The first-order chi connectivity index (χ1) is 8.90. The number of fused-ring (bicyclic) bond motifs is 1. The highest BCUT2D eigenvalue weighted by molar-refractivity contribution is 9.10. The number of carboxylic acid groups (broad SMARTS) is 1. The number of halogens is 1. The first-order valence-electron chi connectivity index (χ1n) is 5.62. The second kappa shape index (κ2) is 5.00. The Bertz CT molecular complexity index is 709. The van der Waals surface area contributed by atoms with Crippen molar-refractivity contribution in [2.45, 2.75) is 19.9 Å². The van der Waals surface area contributed by atoms with Crippen LogP contribution in [-0.4, -0.2) is 21.0 Å². The van der Waals surface area contributed by atoms with E-state index in [1.54, 1.807) is 22.9 Å². The second-order valence-corrected chi connectivity index (χ2v) is 5.22. The summed E-state index contributed by atoms with van der Waals surface area (Å²) in [6, 6.07) is 5.16. The van der Waals surface area contributed by atoms with E-state index in [2.05, 4.69) is 21.0 Å². The van der Waals surface area contributed by atoms with Gasteiger partial charge in [-0.25, -0.2) is 4.79 Å². The molecule has 0 saturated heterocycles. The van der Waals surface area contributed by atoms with Crippen LogP contribution in [0.3, 0.4) is 0 Å². The van der Waals surface area contributed by atoms with Gasteiger partial charge in [-0.1, -0.05) is 15.9 Å². The molecule has 2 N–H and O–H groups in total. The molecule has 1 amide bonds. The lowest BCUT2D eigenvalue weighted by Crippen LogP contribution is -2.23. The second-order valence-electron chi connectivity index (χ2n) is 4.31. The average molecular weight is 326 g/mol. The predicted octanol–water partition coefficient (Wildman–Crippen LogP) is 2.83. The average Bonchev–Trinajstić information content (AvgIpc) is 2.31. The highest BCUT2D eigenvalue weighted by Gasteiger charge is 2.14. The number of rotatable bonds is 2. The van der Waals surface area contributed by atoms with E-state index in [1.807, 2.05) is 19.2 Å². The quantitative estimate of drug-likeness (QED) is 0.889. The molecule has 0 aliphatic rings. The van der Waals surface area contributed by atoms with E-state index >= 15 is 0 Å². The number of hydrogen-bond donors (Lipinski definition) is 2. The highest BCUT2D eigenvalue weighted by atomic mass is 79.9. The minimum absolute atomic E-state index is 0.00764. The summed E-state index contributed by atoms with van der Waals surface area (Å²) in [5, 5.41) is 15.3. The third kappa shape index (κ3) is 2.60. The highest BCUT2D eigenvalue weighted by Crippen LogP contribution is 2.20. The fourth-order valence-electron chi connectivity index (χ4n) is 1.80. The fourth-order valence-corrected chi connectivity index (χ4v) is 2.15. The molecule has 1 heterocycles. The number of aromatic nitrogens is 2. The van der Waals surface area contributed by atoms with Crippen molar-refractivity contribution in [3.05, 3.63) is 32.9 Å². The minimum Gasteiger partial charge on any atom is -0.465 e. The van der Waals surface area contributed by atoms with Crippen molar-refractivity contribution in [3.8, 4) is 0 Å². The van der Waals surface area contributed by atoms with Crippen molar-refractivity contribution < 1.29 is 9.90 Å². The third-order valence-corrected chi connectivity index (χ3v) is 3.08. The summed E-state index contributed by atoms with van der Waals surface area (Å²) >= 11 is 3.35. The zero-order valence-corrected chi connectivity index (χ0v) is 11.9. The van der Waals surface area contributed by atoms with Crippen molar-refractivity contribution in [2.75, 3.05) is 5.32 Å². The van der Waals surface area contributed by atoms with Crippen LogP contribution >= 0.6 is 15.9 Å². The van der Waals surface area contributed by atoms with Gasteiger partial charge in [0.2, 0.25) is 11.2 Å². The maximum absolute atomic E-state index is 12.1. The summed E-state index contributed by atoms with van der Waals surface area (Å²) in [7, 11) is 0. The summed E-state index contributed by atoms with van der Waals surface area (Å²) in [6.07, 6.45) is -1.31. The van der Waals surface area contributed by atoms with Crippen LogP contribution in [-0.2, 0) is 0 Å². The first kappa shape index (κ1) is 13.5. The van der Waals surface area contributed by atoms with Gasteiger partial charge in [0.25, 0.3) is 0 Å². The summed E-state index contributed by atoms with van der Waals surface area (Å²) in [4.78, 5) is 22.8. The van der Waals surface area contributed by atoms with E-state index in [0.717, 1.165) is 4.47 Å². The maximum atomic E-state index is 12.1. The van der Waals surface area contributed by atoms with Crippen molar-refractivity contribution in [1.29, 1.82) is 0 Å². The number of carbonyl (C=O) groups is 1. The summed E-state index contributed by atoms with van der Waals surface area (Å²) in [5.74, 6) is -0.184. The lowest BCUT2D eigenvalue weighted by atomic mass is 10.2. The Kier molecular flexibility index (Phi) is 3.57. The van der Waals surface area contributed by atoms with Crippen LogP contribution in [0.15, 0.2) is 27.5 Å². The summed E-state index contributed by atoms with van der Waals surface area (Å²) in [5.41, 5.74) is 0.229. The molecule has 0 aliphatic heterocycles. The Balaban J connectivity index is 2.82. The Morgan fingerprint density at radius 2 is 2.16 bits per heavy atom. The molecule has 0 bridgehead atoms. The smallest absolute Gasteiger partial charge is 0.410 e. The van der Waals surface area contributed by atoms with Gasteiger partial charge in [-0.05, 0) is 32.0 Å². The van der Waals surface area contributed by atoms with Crippen molar-refractivity contribution >= 4 is 38.7 Å². The van der Waals surface area contributed by atoms with Crippen molar-refractivity contribution in [2.24, 2.45) is 0 Å². The van der Waals surface area contributed by atoms with Crippen LogP contribution < -0.4 is 10.7 Å². The van der Waals surface area contributed by atoms with Gasteiger partial charge >= 0.3 is 6.09 Å². The molecule has 7 heteroatoms. The topological polar surface area (TPSA) is 84.2 Å². The van der Waals surface area contributed by atoms with Crippen LogP contribution in [0.2, 0.25) is 0 Å². The molecule has 0 atom stereocenters. The number of hydrogen-bond acceptors (Lipinski definition) is 3. The molecular formula is C12H12BrN3O3. The van der Waals surface area contributed by atoms with Crippen LogP contribution in [0.25, 0.3) is 10.9 Å². The van der Waals surface area contributed by atoms with Crippen LogP contribution in [0.1, 0.15) is 19.9 Å². The van der Waals surface area contributed by atoms with Gasteiger partial charge in [0.1, 0.15) is 0 Å². The van der Waals surface area contributed by atoms with Crippen molar-refractivity contribution in [3.63, 3.8) is 0 Å². The van der Waals surface area contributed by atoms with Gasteiger partial charge in [0, 0.05) is 10.5 Å². The fraction of sp³-hybridized carbons (Fsp3) is 0.250. The number of nitrogens with one attached hydrogen (secondary N) is 1. The van der Waals surface area contributed by atoms with Gasteiger partial charge in [-0.15, -0.1) is 5.10 Å². The molecule has 0 fully saturated rings. The molecule has 1 aromatic carbocycles. The lowest BCUT2D eigenvalue weighted by molar-refractivity contribution is 0.209. The Labute approximate surface area is 117 Å². The molecular weight excluding hydrogens is 314 g/mol. The lowest BCUT2D eigenvalue weighted by Gasteiger charge is -2.15. The number of amides is 1. The van der Waals surface area contributed by atoms with Gasteiger partial charge < -0.3 is 5.11 Å². The van der Waals surface area contributed by atoms with E-state index in [4.69, 9.17) is 5.11 Å². The Morgan fingerprint density at radius 3 is 2.74 bits per heavy atom. The minimum atomic E-state index is -1.31. The molecule has 6 nitrogen and oxygen atoms in total. The molecule has 0 unspecified atom stereocenters. The number of benzene rings is 1. The monoisotopic (exact) mass is 325 g/mol. The SMILES string of the molecule is CC(C)n1nc(NC(=O)O)c(=O)c2ccc(Br)cc21. The zero-order valence-electron chi connectivity index (χ0n) is 10.3. The first-order valence-corrected chi connectivity index (χ1v) is 6.41. The maximum Gasteiger partial charge on any atom is 0.410 e. The summed E-state index contributed by atoms with van der Waals surface area (Å²) < 4.78 is 2.45. The molecule has 100 valence electrons. The number of anilines is 1. The summed E-state index contributed by atoms with van der Waals surface area (Å²) in [6.45, 7) is 3.81. The van der Waals surface area contributed by atoms with Crippen LogP contribution in [0.5, 0.6) is 0 Å². The van der Waals surface area contributed by atoms with Gasteiger partial charge in [-0.3, -0.25) is 14.8 Å². The molecule has 0 saturated carbocycles. The van der Waals surface area contributed by atoms with E-state index in [0.29, 0.717) is 10.9 Å². The normalized spacial score (nSPS) is 10.9. The van der Waals surface area contributed by atoms with Crippen LogP contribution in [0.4, 0.5) is 10.6 Å².